The van der Waals surface area contributed by atoms with Crippen LogP contribution in [0.15, 0.2) is 34.9 Å². The summed E-state index contributed by atoms with van der Waals surface area (Å²) in [6.07, 6.45) is 0.307. The molecule has 2 N–H and O–H groups in total. The largest absolute Gasteiger partial charge is 0.445 e. The molecule has 0 saturated carbocycles. The van der Waals surface area contributed by atoms with Gasteiger partial charge in [0.05, 0.1) is 11.3 Å². The molecule has 2 rings (SSSR count). The maximum Gasteiger partial charge on any atom is 0.416 e. The first kappa shape index (κ1) is 13.4. The van der Waals surface area contributed by atoms with Crippen LogP contribution in [0.2, 0.25) is 0 Å². The predicted octanol–water partition coefficient (Wildman–Crippen LogP) is 3.32. The van der Waals surface area contributed by atoms with Crippen LogP contribution in [0, 0.1) is 0 Å². The van der Waals surface area contributed by atoms with Crippen molar-refractivity contribution in [1.82, 2.24) is 4.98 Å². The Morgan fingerprint density at radius 3 is 2.37 bits per heavy atom. The molecule has 3 nitrogen and oxygen atoms in total. The lowest BCUT2D eigenvalue weighted by Crippen LogP contribution is -2.03. The number of nitrogens with two attached hydrogens (primary N) is 1. The minimum Gasteiger partial charge on any atom is -0.445 e. The van der Waals surface area contributed by atoms with E-state index in [1.165, 1.54) is 18.4 Å². The number of nitrogens with zero attached hydrogens (tertiary/aromatic N) is 1. The van der Waals surface area contributed by atoms with Crippen LogP contribution in [-0.2, 0) is 12.7 Å². The van der Waals surface area contributed by atoms with Crippen molar-refractivity contribution >= 4 is 12.2 Å². The minimum atomic E-state index is -4.32. The van der Waals surface area contributed by atoms with Crippen LogP contribution in [0.3, 0.4) is 0 Å². The fraction of sp³-hybridized carbons (Fsp3) is 0.154. The molecule has 0 spiro atoms. The van der Waals surface area contributed by atoms with Gasteiger partial charge in [-0.3, -0.25) is 0 Å². The highest BCUT2D eigenvalue weighted by Crippen LogP contribution is 2.29. The molecule has 0 aliphatic carbocycles. The van der Waals surface area contributed by atoms with E-state index in [-0.39, 0.29) is 6.54 Å². The number of halogens is 3. The zero-order valence-corrected chi connectivity index (χ0v) is 9.82. The molecule has 0 aliphatic rings. The van der Waals surface area contributed by atoms with Crippen molar-refractivity contribution in [2.75, 3.05) is 0 Å². The number of hydrogen-bond acceptors (Lipinski definition) is 3. The Bertz CT molecular complexity index is 570. The van der Waals surface area contributed by atoms with Crippen molar-refractivity contribution in [1.29, 1.82) is 0 Å². The lowest BCUT2D eigenvalue weighted by molar-refractivity contribution is -0.137. The first-order valence-electron chi connectivity index (χ1n) is 5.49. The second-order valence-corrected chi connectivity index (χ2v) is 3.83. The van der Waals surface area contributed by atoms with Crippen LogP contribution in [0.1, 0.15) is 22.7 Å². The zero-order valence-electron chi connectivity index (χ0n) is 9.82. The van der Waals surface area contributed by atoms with E-state index in [9.17, 15) is 13.2 Å². The smallest absolute Gasteiger partial charge is 0.416 e. The van der Waals surface area contributed by atoms with Gasteiger partial charge in [0.2, 0.25) is 5.89 Å². The summed E-state index contributed by atoms with van der Waals surface area (Å²) < 4.78 is 42.2. The lowest BCUT2D eigenvalue weighted by atomic mass is 10.1. The van der Waals surface area contributed by atoms with Crippen molar-refractivity contribution in [3.05, 3.63) is 53.2 Å². The Balaban J connectivity index is 2.11. The van der Waals surface area contributed by atoms with Gasteiger partial charge in [0.15, 0.2) is 0 Å². The van der Waals surface area contributed by atoms with Gasteiger partial charge in [-0.15, -0.1) is 0 Å². The van der Waals surface area contributed by atoms with E-state index in [1.807, 2.05) is 0 Å². The molecular formula is C13H11F3N2O. The Kier molecular flexibility index (Phi) is 3.71. The van der Waals surface area contributed by atoms with E-state index in [0.29, 0.717) is 17.1 Å². The molecule has 19 heavy (non-hydrogen) atoms. The highest BCUT2D eigenvalue weighted by molar-refractivity contribution is 5.66. The molecule has 0 unspecified atom stereocenters. The van der Waals surface area contributed by atoms with Crippen molar-refractivity contribution in [3.63, 3.8) is 0 Å². The molecule has 1 heterocycles. The normalized spacial score (nSPS) is 12.2. The average Bonchev–Trinajstić information content (AvgIpc) is 2.84. The van der Waals surface area contributed by atoms with Gasteiger partial charge >= 0.3 is 6.18 Å². The van der Waals surface area contributed by atoms with Crippen LogP contribution in [0.5, 0.6) is 0 Å². The highest BCUT2D eigenvalue weighted by atomic mass is 19.4. The number of hydrogen-bond donors (Lipinski definition) is 1. The van der Waals surface area contributed by atoms with Gasteiger partial charge in [-0.05, 0) is 23.8 Å². The summed E-state index contributed by atoms with van der Waals surface area (Å²) >= 11 is 0. The van der Waals surface area contributed by atoms with Crippen LogP contribution in [-0.4, -0.2) is 4.98 Å². The lowest BCUT2D eigenvalue weighted by Gasteiger charge is -2.05. The van der Waals surface area contributed by atoms with Crippen LogP contribution < -0.4 is 5.73 Å². The quantitative estimate of drug-likeness (QED) is 0.929. The van der Waals surface area contributed by atoms with E-state index in [0.717, 1.165) is 12.1 Å². The standard InChI is InChI=1S/C13H11F3N2O/c14-13(15,16)10-4-1-9(2-5-10)3-6-12-18-11(7-17)8-19-12/h1-6,8H,7,17H2. The number of aromatic nitrogens is 1. The number of alkyl halides is 3. The van der Waals surface area contributed by atoms with Gasteiger partial charge in [0.25, 0.3) is 0 Å². The SMILES string of the molecule is NCc1coc(C=Cc2ccc(C(F)(F)F)cc2)n1. The summed E-state index contributed by atoms with van der Waals surface area (Å²) in [5, 5.41) is 0. The molecule has 0 amide bonds. The van der Waals surface area contributed by atoms with Crippen molar-refractivity contribution in [2.24, 2.45) is 5.73 Å². The summed E-state index contributed by atoms with van der Waals surface area (Å²) in [5.41, 5.74) is 5.94. The molecule has 1 aromatic heterocycles. The molecule has 0 aliphatic heterocycles. The van der Waals surface area contributed by atoms with Crippen molar-refractivity contribution < 1.29 is 17.6 Å². The molecule has 6 heteroatoms. The molecule has 100 valence electrons. The van der Waals surface area contributed by atoms with E-state index in [4.69, 9.17) is 10.2 Å². The zero-order chi connectivity index (χ0) is 13.9. The maximum atomic E-state index is 12.4. The molecule has 2 aromatic rings. The summed E-state index contributed by atoms with van der Waals surface area (Å²) in [7, 11) is 0. The molecule has 0 fully saturated rings. The molecule has 0 atom stereocenters. The van der Waals surface area contributed by atoms with E-state index < -0.39 is 11.7 Å². The third-order valence-corrected chi connectivity index (χ3v) is 2.44. The fourth-order valence-electron chi connectivity index (χ4n) is 1.44. The Morgan fingerprint density at radius 1 is 1.16 bits per heavy atom. The van der Waals surface area contributed by atoms with E-state index in [1.54, 1.807) is 12.2 Å². The van der Waals surface area contributed by atoms with E-state index >= 15 is 0 Å². The number of benzene rings is 1. The summed E-state index contributed by atoms with van der Waals surface area (Å²) in [4.78, 5) is 4.04. The maximum absolute atomic E-state index is 12.4. The Labute approximate surface area is 107 Å². The Morgan fingerprint density at radius 2 is 1.84 bits per heavy atom. The van der Waals surface area contributed by atoms with Gasteiger partial charge in [0.1, 0.15) is 6.26 Å². The topological polar surface area (TPSA) is 52.0 Å². The molecule has 0 saturated heterocycles. The summed E-state index contributed by atoms with van der Waals surface area (Å²) in [5.74, 6) is 0.361. The highest BCUT2D eigenvalue weighted by Gasteiger charge is 2.29. The summed E-state index contributed by atoms with van der Waals surface area (Å²) in [6, 6.07) is 4.82. The van der Waals surface area contributed by atoms with Crippen LogP contribution in [0.25, 0.3) is 12.2 Å². The minimum absolute atomic E-state index is 0.275. The van der Waals surface area contributed by atoms with Crippen LogP contribution >= 0.6 is 0 Å². The third-order valence-electron chi connectivity index (χ3n) is 2.44. The molecule has 0 bridgehead atoms. The second-order valence-electron chi connectivity index (χ2n) is 3.83. The average molecular weight is 268 g/mol. The third kappa shape index (κ3) is 3.45. The van der Waals surface area contributed by atoms with Gasteiger partial charge in [-0.1, -0.05) is 12.1 Å². The molecular weight excluding hydrogens is 257 g/mol. The van der Waals surface area contributed by atoms with Gasteiger partial charge in [-0.2, -0.15) is 13.2 Å². The van der Waals surface area contributed by atoms with E-state index in [2.05, 4.69) is 4.98 Å². The summed E-state index contributed by atoms with van der Waals surface area (Å²) in [6.45, 7) is 0.275. The van der Waals surface area contributed by atoms with Crippen molar-refractivity contribution in [3.8, 4) is 0 Å². The molecule has 1 aromatic carbocycles. The molecule has 0 radical (unpaired) electrons. The predicted molar refractivity (Wildman–Crippen MR) is 64.8 cm³/mol. The van der Waals surface area contributed by atoms with Gasteiger partial charge in [0, 0.05) is 12.6 Å². The number of oxazole rings is 1. The monoisotopic (exact) mass is 268 g/mol. The number of rotatable bonds is 3. The first-order valence-corrected chi connectivity index (χ1v) is 5.49. The van der Waals surface area contributed by atoms with Gasteiger partial charge < -0.3 is 10.2 Å². The second kappa shape index (κ2) is 5.27. The van der Waals surface area contributed by atoms with Crippen molar-refractivity contribution in [2.45, 2.75) is 12.7 Å². The van der Waals surface area contributed by atoms with Gasteiger partial charge in [-0.25, -0.2) is 4.98 Å². The fourth-order valence-corrected chi connectivity index (χ4v) is 1.44. The Hall–Kier alpha value is -2.08. The van der Waals surface area contributed by atoms with Crippen LogP contribution in [0.4, 0.5) is 13.2 Å². The first-order chi connectivity index (χ1) is 8.99.